The Labute approximate surface area is 146 Å². The number of nitrogens with zero attached hydrogens (tertiary/aromatic N) is 3. The number of aromatic nitrogens is 3. The average Bonchev–Trinajstić information content (AvgIpc) is 3.11. The van der Waals surface area contributed by atoms with Crippen molar-refractivity contribution in [3.05, 3.63) is 77.6 Å². The summed E-state index contributed by atoms with van der Waals surface area (Å²) in [5.41, 5.74) is 1.70. The summed E-state index contributed by atoms with van der Waals surface area (Å²) >= 11 is 0. The maximum absolute atomic E-state index is 12.3. The van der Waals surface area contributed by atoms with E-state index in [0.717, 1.165) is 16.8 Å². The third-order valence-corrected chi connectivity index (χ3v) is 3.98. The highest BCUT2D eigenvalue weighted by Gasteiger charge is 2.24. The maximum Gasteiger partial charge on any atom is 0.273 e. The molecule has 0 aliphatic rings. The molecule has 6 heteroatoms. The standard InChI is InChI=1S/C19H20N4O2/c1-14-7-6-10-16(11-14)23-12-17(21-22-23)18(24)20-13-19(2,25)15-8-4-3-5-9-15/h3-12,25H,13H2,1-2H3,(H,20,24). The van der Waals surface area contributed by atoms with E-state index in [2.05, 4.69) is 15.6 Å². The van der Waals surface area contributed by atoms with Crippen LogP contribution in [0.25, 0.3) is 5.69 Å². The lowest BCUT2D eigenvalue weighted by molar-refractivity contribution is 0.0525. The molecule has 0 aliphatic carbocycles. The summed E-state index contributed by atoms with van der Waals surface area (Å²) in [6.45, 7) is 3.72. The second-order valence-electron chi connectivity index (χ2n) is 6.21. The van der Waals surface area contributed by atoms with Crippen molar-refractivity contribution in [3.63, 3.8) is 0 Å². The first-order chi connectivity index (χ1) is 12.0. The Hall–Kier alpha value is -2.99. The van der Waals surface area contributed by atoms with Gasteiger partial charge in [0.1, 0.15) is 5.60 Å². The van der Waals surface area contributed by atoms with Gasteiger partial charge in [-0.3, -0.25) is 4.79 Å². The van der Waals surface area contributed by atoms with Crippen LogP contribution in [0.15, 0.2) is 60.8 Å². The first-order valence-electron chi connectivity index (χ1n) is 8.01. The van der Waals surface area contributed by atoms with Crippen molar-refractivity contribution in [2.45, 2.75) is 19.4 Å². The zero-order chi connectivity index (χ0) is 17.9. The molecule has 0 fully saturated rings. The van der Waals surface area contributed by atoms with Gasteiger partial charge in [0.15, 0.2) is 5.69 Å². The van der Waals surface area contributed by atoms with Crippen LogP contribution in [0.3, 0.4) is 0 Å². The Morgan fingerprint density at radius 3 is 2.68 bits per heavy atom. The smallest absolute Gasteiger partial charge is 0.273 e. The summed E-state index contributed by atoms with van der Waals surface area (Å²) in [6, 6.07) is 17.0. The number of rotatable bonds is 5. The summed E-state index contributed by atoms with van der Waals surface area (Å²) in [5.74, 6) is -0.380. The number of hydrogen-bond acceptors (Lipinski definition) is 4. The molecule has 25 heavy (non-hydrogen) atoms. The molecular weight excluding hydrogens is 316 g/mol. The second kappa shape index (κ2) is 6.86. The summed E-state index contributed by atoms with van der Waals surface area (Å²) in [6.07, 6.45) is 1.57. The first kappa shape index (κ1) is 16.9. The zero-order valence-corrected chi connectivity index (χ0v) is 14.2. The van der Waals surface area contributed by atoms with E-state index < -0.39 is 5.60 Å². The molecule has 3 rings (SSSR count). The number of aryl methyl sites for hydroxylation is 1. The van der Waals surface area contributed by atoms with Gasteiger partial charge in [0.2, 0.25) is 0 Å². The largest absolute Gasteiger partial charge is 0.384 e. The Morgan fingerprint density at radius 1 is 1.20 bits per heavy atom. The van der Waals surface area contributed by atoms with Gasteiger partial charge >= 0.3 is 0 Å². The van der Waals surface area contributed by atoms with Gasteiger partial charge < -0.3 is 10.4 Å². The van der Waals surface area contributed by atoms with Gasteiger partial charge in [-0.1, -0.05) is 47.7 Å². The van der Waals surface area contributed by atoms with Crippen molar-refractivity contribution in [2.75, 3.05) is 6.54 Å². The van der Waals surface area contributed by atoms with Crippen molar-refractivity contribution in [1.29, 1.82) is 0 Å². The number of carbonyl (C=O) groups excluding carboxylic acids is 1. The van der Waals surface area contributed by atoms with E-state index in [1.165, 1.54) is 0 Å². The van der Waals surface area contributed by atoms with E-state index >= 15 is 0 Å². The molecule has 0 spiro atoms. The normalized spacial score (nSPS) is 13.2. The molecule has 1 unspecified atom stereocenters. The van der Waals surface area contributed by atoms with Crippen molar-refractivity contribution >= 4 is 5.91 Å². The lowest BCUT2D eigenvalue weighted by Crippen LogP contribution is -2.38. The molecule has 0 radical (unpaired) electrons. The van der Waals surface area contributed by atoms with Gasteiger partial charge in [0.25, 0.3) is 5.91 Å². The van der Waals surface area contributed by atoms with Crippen molar-refractivity contribution in [1.82, 2.24) is 20.3 Å². The highest BCUT2D eigenvalue weighted by Crippen LogP contribution is 2.19. The molecular formula is C19H20N4O2. The number of benzene rings is 2. The van der Waals surface area contributed by atoms with Crippen LogP contribution in [0.5, 0.6) is 0 Å². The lowest BCUT2D eigenvalue weighted by Gasteiger charge is -2.23. The molecule has 1 aromatic heterocycles. The SMILES string of the molecule is Cc1cccc(-n2cc(C(=O)NCC(C)(O)c3ccccc3)nn2)c1. The lowest BCUT2D eigenvalue weighted by atomic mass is 9.96. The fourth-order valence-corrected chi connectivity index (χ4v) is 2.51. The number of amides is 1. The van der Waals surface area contributed by atoms with Crippen LogP contribution < -0.4 is 5.32 Å². The predicted molar refractivity (Wildman–Crippen MR) is 94.4 cm³/mol. The van der Waals surface area contributed by atoms with E-state index in [0.29, 0.717) is 0 Å². The van der Waals surface area contributed by atoms with Crippen LogP contribution in [0.1, 0.15) is 28.5 Å². The molecule has 6 nitrogen and oxygen atoms in total. The summed E-state index contributed by atoms with van der Waals surface area (Å²) in [4.78, 5) is 12.3. The van der Waals surface area contributed by atoms with Crippen LogP contribution in [0.4, 0.5) is 0 Å². The Kier molecular flexibility index (Phi) is 4.63. The first-order valence-corrected chi connectivity index (χ1v) is 8.01. The van der Waals surface area contributed by atoms with Gasteiger partial charge in [-0.25, -0.2) is 4.68 Å². The van der Waals surface area contributed by atoms with E-state index in [1.54, 1.807) is 17.8 Å². The van der Waals surface area contributed by atoms with E-state index in [4.69, 9.17) is 0 Å². The fraction of sp³-hybridized carbons (Fsp3) is 0.211. The van der Waals surface area contributed by atoms with Gasteiger partial charge in [-0.2, -0.15) is 0 Å². The summed E-state index contributed by atoms with van der Waals surface area (Å²) in [5, 5.41) is 21.2. The van der Waals surface area contributed by atoms with Crippen molar-refractivity contribution in [3.8, 4) is 5.69 Å². The van der Waals surface area contributed by atoms with Crippen LogP contribution in [0.2, 0.25) is 0 Å². The van der Waals surface area contributed by atoms with Crippen molar-refractivity contribution in [2.24, 2.45) is 0 Å². The molecule has 0 saturated heterocycles. The monoisotopic (exact) mass is 336 g/mol. The van der Waals surface area contributed by atoms with Crippen LogP contribution >= 0.6 is 0 Å². The average molecular weight is 336 g/mol. The minimum Gasteiger partial charge on any atom is -0.384 e. The molecule has 2 N–H and O–H groups in total. The number of hydrogen-bond donors (Lipinski definition) is 2. The number of carbonyl (C=O) groups is 1. The highest BCUT2D eigenvalue weighted by atomic mass is 16.3. The molecule has 128 valence electrons. The molecule has 0 saturated carbocycles. The molecule has 3 aromatic rings. The quantitative estimate of drug-likeness (QED) is 0.749. The Morgan fingerprint density at radius 2 is 1.96 bits per heavy atom. The Bertz CT molecular complexity index is 872. The number of aliphatic hydroxyl groups is 1. The van der Waals surface area contributed by atoms with Crippen molar-refractivity contribution < 1.29 is 9.90 Å². The molecule has 1 atom stereocenters. The topological polar surface area (TPSA) is 80.0 Å². The molecule has 1 heterocycles. The van der Waals surface area contributed by atoms with Gasteiger partial charge in [-0.05, 0) is 37.1 Å². The third kappa shape index (κ3) is 3.92. The third-order valence-electron chi connectivity index (χ3n) is 3.98. The van der Waals surface area contributed by atoms with Crippen LogP contribution in [-0.4, -0.2) is 32.6 Å². The molecule has 0 aliphatic heterocycles. The van der Waals surface area contributed by atoms with Crippen LogP contribution in [0, 0.1) is 6.92 Å². The second-order valence-corrected chi connectivity index (χ2v) is 6.21. The van der Waals surface area contributed by atoms with E-state index in [1.807, 2.05) is 61.5 Å². The summed E-state index contributed by atoms with van der Waals surface area (Å²) < 4.78 is 1.55. The summed E-state index contributed by atoms with van der Waals surface area (Å²) in [7, 11) is 0. The number of nitrogens with one attached hydrogen (secondary N) is 1. The molecule has 0 bridgehead atoms. The minimum absolute atomic E-state index is 0.0765. The van der Waals surface area contributed by atoms with Gasteiger partial charge in [-0.15, -0.1) is 5.10 Å². The van der Waals surface area contributed by atoms with E-state index in [9.17, 15) is 9.90 Å². The predicted octanol–water partition coefficient (Wildman–Crippen LogP) is 2.21. The molecule has 2 aromatic carbocycles. The van der Waals surface area contributed by atoms with Crippen LogP contribution in [-0.2, 0) is 5.60 Å². The van der Waals surface area contributed by atoms with Gasteiger partial charge in [0.05, 0.1) is 18.4 Å². The maximum atomic E-state index is 12.3. The van der Waals surface area contributed by atoms with Gasteiger partial charge in [0, 0.05) is 0 Å². The fourth-order valence-electron chi connectivity index (χ4n) is 2.51. The Balaban J connectivity index is 1.68. The minimum atomic E-state index is -1.16. The molecule has 1 amide bonds. The van der Waals surface area contributed by atoms with E-state index in [-0.39, 0.29) is 18.1 Å². The zero-order valence-electron chi connectivity index (χ0n) is 14.2. The highest BCUT2D eigenvalue weighted by molar-refractivity contribution is 5.92.